The Kier molecular flexibility index (Phi) is 4.53. The van der Waals surface area contributed by atoms with Gasteiger partial charge in [0.2, 0.25) is 0 Å². The molecule has 1 aliphatic heterocycles. The standard InChI is InChI=1S/C17H18FN5O2S/c18-8-1-3-9(4-2-8)26-6-11-15(24)16(25)13(23-11)10-5-20-14-12(10)21-7-22-17(14)19/h1-5,7,11,13,15-16,20,23-25H,6H2,(H2,19,21,22)/t11-,13+,15+,16?/m1/s1. The number of aliphatic hydroxyl groups excluding tert-OH is 2. The van der Waals surface area contributed by atoms with Crippen molar-refractivity contribution >= 4 is 28.6 Å². The summed E-state index contributed by atoms with van der Waals surface area (Å²) in [5, 5.41) is 24.2. The van der Waals surface area contributed by atoms with E-state index in [2.05, 4.69) is 20.3 Å². The Hall–Kier alpha value is -2.20. The number of halogens is 1. The Morgan fingerprint density at radius 1 is 1.15 bits per heavy atom. The first-order valence-corrected chi connectivity index (χ1v) is 9.11. The summed E-state index contributed by atoms with van der Waals surface area (Å²) in [6.45, 7) is 0. The summed E-state index contributed by atoms with van der Waals surface area (Å²) >= 11 is 1.48. The van der Waals surface area contributed by atoms with Crippen LogP contribution in [0.15, 0.2) is 41.7 Å². The minimum absolute atomic E-state index is 0.288. The molecule has 1 aliphatic rings. The summed E-state index contributed by atoms with van der Waals surface area (Å²) in [4.78, 5) is 12.1. The molecule has 136 valence electrons. The average molecular weight is 375 g/mol. The molecule has 0 saturated carbocycles. The number of nitrogens with zero attached hydrogens (tertiary/aromatic N) is 2. The van der Waals surface area contributed by atoms with E-state index in [4.69, 9.17) is 5.73 Å². The lowest BCUT2D eigenvalue weighted by molar-refractivity contribution is 0.0308. The van der Waals surface area contributed by atoms with Gasteiger partial charge < -0.3 is 26.2 Å². The maximum atomic E-state index is 13.0. The highest BCUT2D eigenvalue weighted by molar-refractivity contribution is 7.99. The molecule has 6 N–H and O–H groups in total. The van der Waals surface area contributed by atoms with Gasteiger partial charge >= 0.3 is 0 Å². The summed E-state index contributed by atoms with van der Waals surface area (Å²) in [5.41, 5.74) is 7.79. The summed E-state index contributed by atoms with van der Waals surface area (Å²) in [6.07, 6.45) is 1.18. The number of aromatic amines is 1. The highest BCUT2D eigenvalue weighted by atomic mass is 32.2. The third-order valence-electron chi connectivity index (χ3n) is 4.60. The van der Waals surface area contributed by atoms with E-state index in [1.54, 1.807) is 18.3 Å². The number of nitrogen functional groups attached to an aromatic ring is 1. The number of fused-ring (bicyclic) bond motifs is 1. The summed E-state index contributed by atoms with van der Waals surface area (Å²) < 4.78 is 13.0. The molecule has 26 heavy (non-hydrogen) atoms. The van der Waals surface area contributed by atoms with Crippen molar-refractivity contribution in [1.82, 2.24) is 20.3 Å². The molecule has 0 radical (unpaired) electrons. The van der Waals surface area contributed by atoms with Crippen LogP contribution >= 0.6 is 11.8 Å². The fourth-order valence-electron chi connectivity index (χ4n) is 3.22. The lowest BCUT2D eigenvalue weighted by Gasteiger charge is -2.15. The van der Waals surface area contributed by atoms with Gasteiger partial charge in [0.15, 0.2) is 5.82 Å². The SMILES string of the molecule is Nc1ncnc2c([C@@H]3N[C@H](CSc4ccc(F)cc4)[C@H](O)C3O)c[nH]c12. The second-order valence-electron chi connectivity index (χ2n) is 6.22. The third kappa shape index (κ3) is 3.03. The first kappa shape index (κ1) is 17.2. The third-order valence-corrected chi connectivity index (χ3v) is 5.73. The van der Waals surface area contributed by atoms with Gasteiger partial charge in [-0.1, -0.05) is 0 Å². The molecule has 1 saturated heterocycles. The van der Waals surface area contributed by atoms with Crippen LogP contribution in [0, 0.1) is 5.82 Å². The van der Waals surface area contributed by atoms with E-state index in [9.17, 15) is 14.6 Å². The molecule has 3 heterocycles. The van der Waals surface area contributed by atoms with Gasteiger partial charge in [0.1, 0.15) is 23.8 Å². The van der Waals surface area contributed by atoms with E-state index >= 15 is 0 Å². The van der Waals surface area contributed by atoms with Crippen LogP contribution in [-0.4, -0.2) is 49.2 Å². The van der Waals surface area contributed by atoms with E-state index in [0.29, 0.717) is 22.6 Å². The molecule has 7 nitrogen and oxygen atoms in total. The van der Waals surface area contributed by atoms with Crippen LogP contribution in [0.2, 0.25) is 0 Å². The van der Waals surface area contributed by atoms with E-state index in [1.165, 1.54) is 30.2 Å². The fourth-order valence-corrected chi connectivity index (χ4v) is 4.21. The summed E-state index contributed by atoms with van der Waals surface area (Å²) in [7, 11) is 0. The number of H-pyrrole nitrogens is 1. The molecule has 1 unspecified atom stereocenters. The number of thioether (sulfide) groups is 1. The van der Waals surface area contributed by atoms with Gasteiger partial charge in [0.05, 0.1) is 17.7 Å². The topological polar surface area (TPSA) is 120 Å². The lowest BCUT2D eigenvalue weighted by atomic mass is 10.0. The van der Waals surface area contributed by atoms with Gasteiger partial charge in [-0.15, -0.1) is 11.8 Å². The average Bonchev–Trinajstić information content (AvgIpc) is 3.18. The van der Waals surface area contributed by atoms with Crippen molar-refractivity contribution in [1.29, 1.82) is 0 Å². The molecule has 4 rings (SSSR count). The van der Waals surface area contributed by atoms with Crippen LogP contribution in [0.1, 0.15) is 11.6 Å². The number of anilines is 1. The molecule has 1 aromatic carbocycles. The molecule has 3 aromatic rings. The lowest BCUT2D eigenvalue weighted by Crippen LogP contribution is -2.35. The number of hydrogen-bond acceptors (Lipinski definition) is 7. The van der Waals surface area contributed by atoms with Crippen LogP contribution in [0.5, 0.6) is 0 Å². The maximum Gasteiger partial charge on any atom is 0.151 e. The number of rotatable bonds is 4. The molecule has 2 aromatic heterocycles. The number of nitrogens with two attached hydrogens (primary N) is 1. The van der Waals surface area contributed by atoms with Gasteiger partial charge in [-0.25, -0.2) is 14.4 Å². The van der Waals surface area contributed by atoms with Crippen LogP contribution in [-0.2, 0) is 0 Å². The van der Waals surface area contributed by atoms with E-state index < -0.39 is 18.2 Å². The molecule has 0 bridgehead atoms. The van der Waals surface area contributed by atoms with Crippen LogP contribution in [0.25, 0.3) is 11.0 Å². The van der Waals surface area contributed by atoms with Gasteiger partial charge in [0, 0.05) is 28.5 Å². The van der Waals surface area contributed by atoms with Crippen molar-refractivity contribution in [2.24, 2.45) is 0 Å². The van der Waals surface area contributed by atoms with Crippen molar-refractivity contribution in [3.63, 3.8) is 0 Å². The number of hydrogen-bond donors (Lipinski definition) is 5. The molecule has 1 fully saturated rings. The smallest absolute Gasteiger partial charge is 0.151 e. The first-order valence-electron chi connectivity index (χ1n) is 8.12. The maximum absolute atomic E-state index is 13.0. The van der Waals surface area contributed by atoms with Crippen molar-refractivity contribution in [2.75, 3.05) is 11.5 Å². The highest BCUT2D eigenvalue weighted by Gasteiger charge is 2.42. The quantitative estimate of drug-likeness (QED) is 0.435. The van der Waals surface area contributed by atoms with Crippen molar-refractivity contribution in [2.45, 2.75) is 29.2 Å². The molecule has 0 aliphatic carbocycles. The van der Waals surface area contributed by atoms with Crippen LogP contribution in [0.3, 0.4) is 0 Å². The second-order valence-corrected chi connectivity index (χ2v) is 7.32. The Morgan fingerprint density at radius 3 is 2.69 bits per heavy atom. The van der Waals surface area contributed by atoms with Gasteiger partial charge in [-0.3, -0.25) is 0 Å². The normalized spacial score (nSPS) is 25.8. The predicted octanol–water partition coefficient (Wildman–Crippen LogP) is 1.21. The second kappa shape index (κ2) is 6.84. The molecular weight excluding hydrogens is 357 g/mol. The highest BCUT2D eigenvalue weighted by Crippen LogP contribution is 2.34. The Bertz CT molecular complexity index is 919. The minimum atomic E-state index is -0.982. The van der Waals surface area contributed by atoms with Gasteiger partial charge in [-0.05, 0) is 24.3 Å². The zero-order valence-electron chi connectivity index (χ0n) is 13.6. The Balaban J connectivity index is 1.52. The molecule has 0 amide bonds. The Morgan fingerprint density at radius 2 is 1.92 bits per heavy atom. The molecule has 4 atom stereocenters. The zero-order chi connectivity index (χ0) is 18.3. The molecule has 0 spiro atoms. The van der Waals surface area contributed by atoms with Crippen molar-refractivity contribution < 1.29 is 14.6 Å². The monoisotopic (exact) mass is 375 g/mol. The van der Waals surface area contributed by atoms with Crippen LogP contribution < -0.4 is 11.1 Å². The fraction of sp³-hybridized carbons (Fsp3) is 0.294. The summed E-state index contributed by atoms with van der Waals surface area (Å²) in [6, 6.07) is 5.37. The van der Waals surface area contributed by atoms with Gasteiger partial charge in [0.25, 0.3) is 0 Å². The number of aliphatic hydroxyl groups is 2. The minimum Gasteiger partial charge on any atom is -0.389 e. The number of aromatic nitrogens is 3. The van der Waals surface area contributed by atoms with Gasteiger partial charge in [-0.2, -0.15) is 0 Å². The van der Waals surface area contributed by atoms with Crippen LogP contribution in [0.4, 0.5) is 10.2 Å². The predicted molar refractivity (Wildman–Crippen MR) is 97.1 cm³/mol. The van der Waals surface area contributed by atoms with E-state index in [-0.39, 0.29) is 11.9 Å². The van der Waals surface area contributed by atoms with E-state index in [0.717, 1.165) is 10.5 Å². The molecule has 9 heteroatoms. The van der Waals surface area contributed by atoms with E-state index in [1.807, 2.05) is 0 Å². The Labute approximate surface area is 152 Å². The number of benzene rings is 1. The number of nitrogens with one attached hydrogen (secondary N) is 2. The zero-order valence-corrected chi connectivity index (χ0v) is 14.4. The van der Waals surface area contributed by atoms with Crippen molar-refractivity contribution in [3.8, 4) is 0 Å². The van der Waals surface area contributed by atoms with Crippen molar-refractivity contribution in [3.05, 3.63) is 48.2 Å². The largest absolute Gasteiger partial charge is 0.389 e. The summed E-state index contributed by atoms with van der Waals surface area (Å²) in [5.74, 6) is 0.571. The first-order chi connectivity index (χ1) is 12.5. The molecular formula is C17H18FN5O2S.